The number of anilines is 2. The minimum atomic E-state index is -0.137. The second-order valence-corrected chi connectivity index (χ2v) is 10.9. The van der Waals surface area contributed by atoms with Crippen LogP contribution in [-0.2, 0) is 6.42 Å². The van der Waals surface area contributed by atoms with Crippen molar-refractivity contribution in [3.63, 3.8) is 0 Å². The molecule has 37 heavy (non-hydrogen) atoms. The number of aromatic nitrogens is 1. The third-order valence-electron chi connectivity index (χ3n) is 7.25. The van der Waals surface area contributed by atoms with Gasteiger partial charge in [0.1, 0.15) is 0 Å². The third-order valence-corrected chi connectivity index (χ3v) is 7.83. The number of phenols is 1. The van der Waals surface area contributed by atoms with Gasteiger partial charge in [0.2, 0.25) is 0 Å². The molecule has 0 saturated heterocycles. The molecule has 4 nitrogen and oxygen atoms in total. The van der Waals surface area contributed by atoms with E-state index in [1.807, 2.05) is 24.3 Å². The van der Waals surface area contributed by atoms with Crippen LogP contribution in [0.3, 0.4) is 0 Å². The number of fused-ring (bicyclic) bond motifs is 1. The highest BCUT2D eigenvalue weighted by Gasteiger charge is 2.32. The molecule has 0 spiro atoms. The SMILES string of the molecule is CCC(C)CCc1cccc(Nc2c(C(=O)C3CC3)cnc3ccc(-c4cc(Cl)c(O)c(Cl)c4)cc23)c1. The largest absolute Gasteiger partial charge is 0.505 e. The minimum absolute atomic E-state index is 0.0690. The number of benzene rings is 3. The van der Waals surface area contributed by atoms with Crippen molar-refractivity contribution >= 4 is 51.3 Å². The molecule has 190 valence electrons. The van der Waals surface area contributed by atoms with Gasteiger partial charge in [0.25, 0.3) is 0 Å². The summed E-state index contributed by atoms with van der Waals surface area (Å²) in [5.41, 5.74) is 6.00. The fourth-order valence-electron chi connectivity index (χ4n) is 4.56. The van der Waals surface area contributed by atoms with Gasteiger partial charge < -0.3 is 10.4 Å². The average Bonchev–Trinajstić information content (AvgIpc) is 3.75. The van der Waals surface area contributed by atoms with Crippen molar-refractivity contribution in [3.8, 4) is 16.9 Å². The molecular formula is C31H30Cl2N2O2. The molecule has 1 heterocycles. The van der Waals surface area contributed by atoms with E-state index in [-0.39, 0.29) is 27.5 Å². The van der Waals surface area contributed by atoms with Crippen LogP contribution in [0.5, 0.6) is 5.75 Å². The number of pyridine rings is 1. The molecule has 1 aliphatic carbocycles. The molecule has 1 fully saturated rings. The number of aryl methyl sites for hydroxylation is 1. The predicted molar refractivity (Wildman–Crippen MR) is 153 cm³/mol. The van der Waals surface area contributed by atoms with Gasteiger partial charge in [0.05, 0.1) is 26.8 Å². The van der Waals surface area contributed by atoms with Gasteiger partial charge in [0.15, 0.2) is 11.5 Å². The summed E-state index contributed by atoms with van der Waals surface area (Å²) in [6.45, 7) is 4.51. The fourth-order valence-corrected chi connectivity index (χ4v) is 5.04. The van der Waals surface area contributed by atoms with E-state index in [2.05, 4.69) is 42.3 Å². The molecule has 4 aromatic rings. The summed E-state index contributed by atoms with van der Waals surface area (Å²) in [6, 6.07) is 17.7. The number of hydrogen-bond donors (Lipinski definition) is 2. The Labute approximate surface area is 227 Å². The van der Waals surface area contributed by atoms with E-state index >= 15 is 0 Å². The van der Waals surface area contributed by atoms with Crippen LogP contribution in [0.25, 0.3) is 22.0 Å². The zero-order valence-corrected chi connectivity index (χ0v) is 22.5. The Hall–Kier alpha value is -3.08. The smallest absolute Gasteiger partial charge is 0.169 e. The van der Waals surface area contributed by atoms with Crippen LogP contribution in [0, 0.1) is 11.8 Å². The van der Waals surface area contributed by atoms with E-state index in [0.717, 1.165) is 59.1 Å². The highest BCUT2D eigenvalue weighted by molar-refractivity contribution is 6.37. The Kier molecular flexibility index (Phi) is 7.41. The number of aromatic hydroxyl groups is 1. The molecule has 1 aromatic heterocycles. The Morgan fingerprint density at radius 2 is 1.84 bits per heavy atom. The lowest BCUT2D eigenvalue weighted by molar-refractivity contribution is 0.0968. The van der Waals surface area contributed by atoms with Gasteiger partial charge in [-0.05, 0) is 84.7 Å². The van der Waals surface area contributed by atoms with Crippen molar-refractivity contribution in [1.82, 2.24) is 4.98 Å². The number of hydrogen-bond acceptors (Lipinski definition) is 4. The Bertz CT molecular complexity index is 1460. The summed E-state index contributed by atoms with van der Waals surface area (Å²) in [6.07, 6.45) is 6.88. The van der Waals surface area contributed by atoms with Crippen LogP contribution in [0.2, 0.25) is 10.0 Å². The Balaban J connectivity index is 1.59. The van der Waals surface area contributed by atoms with E-state index in [1.165, 1.54) is 12.0 Å². The fraction of sp³-hybridized carbons (Fsp3) is 0.290. The summed E-state index contributed by atoms with van der Waals surface area (Å²) < 4.78 is 0. The minimum Gasteiger partial charge on any atom is -0.505 e. The summed E-state index contributed by atoms with van der Waals surface area (Å²) in [5, 5.41) is 14.8. The normalized spacial score (nSPS) is 14.1. The van der Waals surface area contributed by atoms with Crippen LogP contribution < -0.4 is 5.32 Å². The first-order chi connectivity index (χ1) is 17.8. The second kappa shape index (κ2) is 10.7. The van der Waals surface area contributed by atoms with Crippen LogP contribution in [0.1, 0.15) is 55.5 Å². The maximum atomic E-state index is 13.3. The number of Topliss-reactive ketones (excluding diaryl/α,β-unsaturated/α-hetero) is 1. The first kappa shape index (κ1) is 25.6. The third kappa shape index (κ3) is 5.61. The number of nitrogens with zero attached hydrogens (tertiary/aromatic N) is 1. The molecule has 5 rings (SSSR count). The molecule has 3 aromatic carbocycles. The highest BCUT2D eigenvalue weighted by atomic mass is 35.5. The molecule has 1 aliphatic rings. The number of halogens is 2. The van der Waals surface area contributed by atoms with Gasteiger partial charge >= 0.3 is 0 Å². The highest BCUT2D eigenvalue weighted by Crippen LogP contribution is 2.40. The number of rotatable bonds is 9. The van der Waals surface area contributed by atoms with Crippen LogP contribution in [0.15, 0.2) is 60.8 Å². The molecule has 2 N–H and O–H groups in total. The first-order valence-electron chi connectivity index (χ1n) is 12.8. The molecule has 1 unspecified atom stereocenters. The first-order valence-corrected chi connectivity index (χ1v) is 13.6. The Morgan fingerprint density at radius 3 is 2.54 bits per heavy atom. The lowest BCUT2D eigenvalue weighted by atomic mass is 9.98. The van der Waals surface area contributed by atoms with Crippen molar-refractivity contribution in [2.45, 2.75) is 46.0 Å². The van der Waals surface area contributed by atoms with Crippen LogP contribution in [-0.4, -0.2) is 15.9 Å². The van der Waals surface area contributed by atoms with Crippen molar-refractivity contribution in [1.29, 1.82) is 0 Å². The molecule has 0 aliphatic heterocycles. The lowest BCUT2D eigenvalue weighted by Crippen LogP contribution is -2.07. The summed E-state index contributed by atoms with van der Waals surface area (Å²) >= 11 is 12.4. The van der Waals surface area contributed by atoms with Crippen molar-refractivity contribution in [3.05, 3.63) is 82.0 Å². The van der Waals surface area contributed by atoms with Gasteiger partial charge in [0, 0.05) is 23.2 Å². The van der Waals surface area contributed by atoms with Gasteiger partial charge in [-0.2, -0.15) is 0 Å². The van der Waals surface area contributed by atoms with Gasteiger partial charge in [-0.1, -0.05) is 61.7 Å². The second-order valence-electron chi connectivity index (χ2n) is 10.1. The predicted octanol–water partition coefficient (Wildman–Crippen LogP) is 9.23. The maximum absolute atomic E-state index is 13.3. The van der Waals surface area contributed by atoms with Gasteiger partial charge in [-0.3, -0.25) is 9.78 Å². The van der Waals surface area contributed by atoms with Gasteiger partial charge in [-0.25, -0.2) is 0 Å². The molecular weight excluding hydrogens is 503 g/mol. The molecule has 1 atom stereocenters. The number of ketones is 1. The van der Waals surface area contributed by atoms with E-state index in [4.69, 9.17) is 23.2 Å². The summed E-state index contributed by atoms with van der Waals surface area (Å²) in [5.74, 6) is 0.747. The van der Waals surface area contributed by atoms with Gasteiger partial charge in [-0.15, -0.1) is 0 Å². The van der Waals surface area contributed by atoms with E-state index in [0.29, 0.717) is 11.5 Å². The molecule has 0 radical (unpaired) electrons. The van der Waals surface area contributed by atoms with E-state index in [9.17, 15) is 9.90 Å². The number of phenolic OH excluding ortho intramolecular Hbond substituents is 1. The lowest BCUT2D eigenvalue weighted by Gasteiger charge is -2.16. The Morgan fingerprint density at radius 1 is 1.08 bits per heavy atom. The van der Waals surface area contributed by atoms with Crippen molar-refractivity contribution < 1.29 is 9.90 Å². The van der Waals surface area contributed by atoms with Crippen LogP contribution >= 0.6 is 23.2 Å². The summed E-state index contributed by atoms with van der Waals surface area (Å²) in [4.78, 5) is 17.9. The molecule has 1 saturated carbocycles. The zero-order chi connectivity index (χ0) is 26.1. The van der Waals surface area contributed by atoms with Crippen molar-refractivity contribution in [2.75, 3.05) is 5.32 Å². The van der Waals surface area contributed by atoms with Crippen LogP contribution in [0.4, 0.5) is 11.4 Å². The molecule has 6 heteroatoms. The monoisotopic (exact) mass is 532 g/mol. The maximum Gasteiger partial charge on any atom is 0.169 e. The number of carbonyl (C=O) groups is 1. The quantitative estimate of drug-likeness (QED) is 0.211. The number of nitrogens with one attached hydrogen (secondary N) is 1. The van der Waals surface area contributed by atoms with Crippen molar-refractivity contribution in [2.24, 2.45) is 11.8 Å². The van der Waals surface area contributed by atoms with E-state index < -0.39 is 0 Å². The standard InChI is InChI=1S/C31H30Cl2N2O2/c1-3-18(2)7-8-19-5-4-6-23(13-19)35-29-24-14-21(22-15-26(32)31(37)27(33)16-22)11-12-28(24)34-17-25(29)30(36)20-9-10-20/h4-6,11-18,20,37H,3,7-10H2,1-2H3,(H,34,35). The van der Waals surface area contributed by atoms with E-state index in [1.54, 1.807) is 18.3 Å². The molecule has 0 bridgehead atoms. The number of carbonyl (C=O) groups excluding carboxylic acids is 1. The average molecular weight is 533 g/mol. The zero-order valence-electron chi connectivity index (χ0n) is 21.0. The molecule has 0 amide bonds. The topological polar surface area (TPSA) is 62.2 Å². The summed E-state index contributed by atoms with van der Waals surface area (Å²) in [7, 11) is 0.